The number of aromatic nitrogens is 5. The summed E-state index contributed by atoms with van der Waals surface area (Å²) in [5, 5.41) is 7.25. The molecular formula is C49H57N5. The molecule has 0 saturated carbocycles. The van der Waals surface area contributed by atoms with Gasteiger partial charge < -0.3 is 0 Å². The van der Waals surface area contributed by atoms with Gasteiger partial charge in [-0.05, 0) is 97.7 Å². The molecule has 0 spiro atoms. The highest BCUT2D eigenvalue weighted by atomic mass is 15.1. The normalized spacial score (nSPS) is 13.3. The first-order valence-electron chi connectivity index (χ1n) is 19.6. The van der Waals surface area contributed by atoms with Crippen molar-refractivity contribution in [3.05, 3.63) is 101 Å². The summed E-state index contributed by atoms with van der Waals surface area (Å²) >= 11 is 0. The molecule has 0 saturated heterocycles. The molecule has 5 aromatic carbocycles. The molecule has 278 valence electrons. The predicted octanol–water partition coefficient (Wildman–Crippen LogP) is 13.2. The van der Waals surface area contributed by atoms with Crippen LogP contribution in [0, 0.1) is 6.92 Å². The lowest BCUT2D eigenvalue weighted by Crippen LogP contribution is -2.24. The van der Waals surface area contributed by atoms with E-state index in [-0.39, 0.29) is 27.6 Å². The lowest BCUT2D eigenvalue weighted by atomic mass is 9.82. The fourth-order valence-corrected chi connectivity index (χ4v) is 7.42. The quantitative estimate of drug-likeness (QED) is 0.170. The largest absolute Gasteiger partial charge is 0.232 e. The summed E-state index contributed by atoms with van der Waals surface area (Å²) < 4.78 is 0. The van der Waals surface area contributed by atoms with Gasteiger partial charge in [-0.1, -0.05) is 133 Å². The average Bonchev–Trinajstić information content (AvgIpc) is 3.08. The van der Waals surface area contributed by atoms with Gasteiger partial charge >= 0.3 is 0 Å². The first kappa shape index (κ1) is 37.5. The molecule has 2 heterocycles. The molecule has 7 rings (SSSR count). The molecule has 5 heteroatoms. The number of aryl methyl sites for hydroxylation is 1. The topological polar surface area (TPSA) is 64.5 Å². The van der Waals surface area contributed by atoms with Crippen molar-refractivity contribution in [1.82, 2.24) is 24.9 Å². The van der Waals surface area contributed by atoms with Crippen molar-refractivity contribution in [2.45, 2.75) is 131 Å². The lowest BCUT2D eigenvalue weighted by Gasteiger charge is -2.26. The van der Waals surface area contributed by atoms with E-state index in [9.17, 15) is 0 Å². The molecule has 0 aliphatic heterocycles. The van der Waals surface area contributed by atoms with Gasteiger partial charge in [0.05, 0.1) is 11.4 Å². The zero-order valence-electron chi connectivity index (χ0n) is 35.2. The Labute approximate surface area is 322 Å². The van der Waals surface area contributed by atoms with Gasteiger partial charge in [0, 0.05) is 32.8 Å². The molecule has 0 aliphatic rings. The van der Waals surface area contributed by atoms with Crippen LogP contribution in [-0.4, -0.2) is 24.9 Å². The van der Waals surface area contributed by atoms with Gasteiger partial charge in [-0.15, -0.1) is 0 Å². The summed E-state index contributed by atoms with van der Waals surface area (Å²) in [4.78, 5) is 26.4. The maximum atomic E-state index is 5.36. The van der Waals surface area contributed by atoms with Crippen molar-refractivity contribution >= 4 is 32.3 Å². The number of benzene rings is 5. The van der Waals surface area contributed by atoms with Crippen molar-refractivity contribution in [3.8, 4) is 33.9 Å². The molecule has 0 fully saturated rings. The van der Waals surface area contributed by atoms with E-state index in [4.69, 9.17) is 24.9 Å². The average molecular weight is 716 g/mol. The third kappa shape index (κ3) is 6.65. The van der Waals surface area contributed by atoms with E-state index in [0.717, 1.165) is 50.8 Å². The van der Waals surface area contributed by atoms with E-state index in [1.54, 1.807) is 0 Å². The fraction of sp³-hybridized carbons (Fsp3) is 0.408. The third-order valence-electron chi connectivity index (χ3n) is 10.7. The molecule has 2 aromatic heterocycles. The number of hydrogen-bond donors (Lipinski definition) is 0. The monoisotopic (exact) mass is 715 g/mol. The van der Waals surface area contributed by atoms with Crippen LogP contribution in [-0.2, 0) is 21.7 Å². The Bertz CT molecular complexity index is 2500. The zero-order valence-corrected chi connectivity index (χ0v) is 35.2. The first-order valence-corrected chi connectivity index (χ1v) is 19.6. The summed E-state index contributed by atoms with van der Waals surface area (Å²) in [7, 11) is 0. The van der Waals surface area contributed by atoms with Crippen molar-refractivity contribution in [1.29, 1.82) is 0 Å². The van der Waals surface area contributed by atoms with E-state index >= 15 is 0 Å². The second-order valence-corrected chi connectivity index (χ2v) is 19.8. The van der Waals surface area contributed by atoms with Gasteiger partial charge in [0.25, 0.3) is 0 Å². The Morgan fingerprint density at radius 1 is 0.463 bits per heavy atom. The second-order valence-electron chi connectivity index (χ2n) is 19.8. The lowest BCUT2D eigenvalue weighted by molar-refractivity contribution is 0.497. The molecule has 0 bridgehead atoms. The maximum Gasteiger partial charge on any atom is 0.164 e. The molecule has 0 radical (unpaired) electrons. The molecule has 0 N–H and O–H groups in total. The zero-order chi connectivity index (χ0) is 39.3. The van der Waals surface area contributed by atoms with Crippen LogP contribution in [0.3, 0.4) is 0 Å². The molecular weight excluding hydrogens is 659 g/mol. The Morgan fingerprint density at radius 2 is 1.02 bits per heavy atom. The molecule has 0 unspecified atom stereocenters. The van der Waals surface area contributed by atoms with Crippen LogP contribution < -0.4 is 0 Å². The number of nitrogens with zero attached hydrogens (tertiary/aromatic N) is 5. The third-order valence-corrected chi connectivity index (χ3v) is 10.7. The minimum atomic E-state index is -0.273. The fourth-order valence-electron chi connectivity index (χ4n) is 7.42. The van der Waals surface area contributed by atoms with Crippen LogP contribution in [0.2, 0.25) is 0 Å². The van der Waals surface area contributed by atoms with Crippen molar-refractivity contribution in [3.63, 3.8) is 0 Å². The van der Waals surface area contributed by atoms with Gasteiger partial charge in [0.2, 0.25) is 0 Å². The molecule has 54 heavy (non-hydrogen) atoms. The van der Waals surface area contributed by atoms with Crippen molar-refractivity contribution in [2.24, 2.45) is 0 Å². The molecule has 0 amide bonds. The SMILES string of the molecule is Cc1ccccc1-c1cc2ccc3c(-c4nc(C(C)(C)C)cc(C(C)(C)C)n4)cc(-c4nc(C(C)(C)C)nc(C(C)(C)C)n4)c4cc(C(C)C)c(c1)c2c34. The van der Waals surface area contributed by atoms with Gasteiger partial charge in [0.15, 0.2) is 11.6 Å². The van der Waals surface area contributed by atoms with E-state index in [1.807, 2.05) is 0 Å². The Morgan fingerprint density at radius 3 is 1.56 bits per heavy atom. The smallest absolute Gasteiger partial charge is 0.164 e. The number of rotatable bonds is 4. The van der Waals surface area contributed by atoms with Crippen molar-refractivity contribution < 1.29 is 0 Å². The van der Waals surface area contributed by atoms with E-state index in [1.165, 1.54) is 43.8 Å². The molecule has 0 aliphatic carbocycles. The van der Waals surface area contributed by atoms with E-state index in [0.29, 0.717) is 5.82 Å². The minimum absolute atomic E-state index is 0.167. The van der Waals surface area contributed by atoms with Gasteiger partial charge in [-0.2, -0.15) is 0 Å². The van der Waals surface area contributed by atoms with Crippen LogP contribution in [0.1, 0.15) is 137 Å². The van der Waals surface area contributed by atoms with Crippen LogP contribution in [0.4, 0.5) is 0 Å². The maximum absolute atomic E-state index is 5.36. The van der Waals surface area contributed by atoms with Crippen LogP contribution in [0.15, 0.2) is 66.7 Å². The van der Waals surface area contributed by atoms with Gasteiger partial charge in [-0.3, -0.25) is 0 Å². The van der Waals surface area contributed by atoms with Gasteiger partial charge in [0.1, 0.15) is 11.6 Å². The van der Waals surface area contributed by atoms with Gasteiger partial charge in [-0.25, -0.2) is 24.9 Å². The highest BCUT2D eigenvalue weighted by Crippen LogP contribution is 2.47. The second kappa shape index (κ2) is 12.6. The highest BCUT2D eigenvalue weighted by Gasteiger charge is 2.29. The van der Waals surface area contributed by atoms with Crippen LogP contribution in [0.25, 0.3) is 66.2 Å². The molecule has 0 atom stereocenters. The highest BCUT2D eigenvalue weighted by molar-refractivity contribution is 6.29. The summed E-state index contributed by atoms with van der Waals surface area (Å²) in [6, 6.07) is 24.9. The standard InChI is InChI=1S/C49H57N5/c1-27(2)33-24-35-37(43-52-44(48(10,11)12)54-45(53-43)49(13,14)15)25-36(42-50-38(46(4,5)6)26-39(51-42)47(7,8)9)32-21-20-29-22-30(23-34(33)40(29)41(32)35)31-19-17-16-18-28(31)3/h16-27H,1-15H3. The van der Waals surface area contributed by atoms with Crippen molar-refractivity contribution in [2.75, 3.05) is 0 Å². The van der Waals surface area contributed by atoms with Crippen LogP contribution >= 0.6 is 0 Å². The summed E-state index contributed by atoms with van der Waals surface area (Å²) in [6.07, 6.45) is 0. The Kier molecular flexibility index (Phi) is 8.79. The summed E-state index contributed by atoms with van der Waals surface area (Å²) in [6.45, 7) is 33.2. The minimum Gasteiger partial charge on any atom is -0.232 e. The van der Waals surface area contributed by atoms with E-state index < -0.39 is 0 Å². The summed E-state index contributed by atoms with van der Waals surface area (Å²) in [5.41, 5.74) is 8.23. The number of hydrogen-bond acceptors (Lipinski definition) is 5. The Hall–Kier alpha value is -4.77. The Balaban J connectivity index is 1.70. The predicted molar refractivity (Wildman–Crippen MR) is 229 cm³/mol. The van der Waals surface area contributed by atoms with E-state index in [2.05, 4.69) is 171 Å². The first-order chi connectivity index (χ1) is 25.0. The van der Waals surface area contributed by atoms with Crippen LogP contribution in [0.5, 0.6) is 0 Å². The molecule has 7 aromatic rings. The molecule has 5 nitrogen and oxygen atoms in total. The summed E-state index contributed by atoms with van der Waals surface area (Å²) in [5.74, 6) is 3.29.